The highest BCUT2D eigenvalue weighted by Crippen LogP contribution is 2.29. The quantitative estimate of drug-likeness (QED) is 0.711. The highest BCUT2D eigenvalue weighted by molar-refractivity contribution is 5.94. The van der Waals surface area contributed by atoms with Gasteiger partial charge in [0.15, 0.2) is 0 Å². The number of para-hydroxylation sites is 1. The average molecular weight is 331 g/mol. The van der Waals surface area contributed by atoms with Crippen molar-refractivity contribution in [2.75, 3.05) is 37.6 Å². The number of aryl methyl sites for hydroxylation is 1. The number of rotatable bonds is 3. The lowest BCUT2D eigenvalue weighted by atomic mass is 10.0. The Kier molecular flexibility index (Phi) is 4.41. The van der Waals surface area contributed by atoms with Gasteiger partial charge in [0, 0.05) is 37.1 Å². The molecule has 0 spiro atoms. The maximum Gasteiger partial charge on any atom is 0.129 e. The molecule has 0 atom stereocenters. The molecule has 1 aliphatic heterocycles. The van der Waals surface area contributed by atoms with Crippen LogP contribution in [0.1, 0.15) is 12.5 Å². The summed E-state index contributed by atoms with van der Waals surface area (Å²) in [6.07, 6.45) is 0. The summed E-state index contributed by atoms with van der Waals surface area (Å²) in [6, 6.07) is 19.6. The second kappa shape index (κ2) is 6.85. The van der Waals surface area contributed by atoms with E-state index in [0.29, 0.717) is 0 Å². The number of piperazine rings is 1. The van der Waals surface area contributed by atoms with E-state index in [-0.39, 0.29) is 0 Å². The fourth-order valence-electron chi connectivity index (χ4n) is 3.57. The molecule has 0 amide bonds. The zero-order valence-corrected chi connectivity index (χ0v) is 15.1. The third kappa shape index (κ3) is 3.24. The van der Waals surface area contributed by atoms with Gasteiger partial charge in [-0.15, -0.1) is 0 Å². The molecule has 0 unspecified atom stereocenters. The molecule has 3 nitrogen and oxygen atoms in total. The van der Waals surface area contributed by atoms with Gasteiger partial charge in [-0.1, -0.05) is 55.0 Å². The number of likely N-dealkylation sites (N-methyl/N-ethyl adjacent to an activating group) is 1. The van der Waals surface area contributed by atoms with Gasteiger partial charge in [0.05, 0.1) is 5.52 Å². The van der Waals surface area contributed by atoms with E-state index in [2.05, 4.69) is 78.2 Å². The average Bonchev–Trinajstić information content (AvgIpc) is 2.68. The van der Waals surface area contributed by atoms with E-state index in [4.69, 9.17) is 4.98 Å². The molecule has 1 fully saturated rings. The van der Waals surface area contributed by atoms with Crippen LogP contribution in [0.4, 0.5) is 5.82 Å². The number of fused-ring (bicyclic) bond motifs is 1. The predicted molar refractivity (Wildman–Crippen MR) is 106 cm³/mol. The van der Waals surface area contributed by atoms with Crippen molar-refractivity contribution in [2.24, 2.45) is 0 Å². The zero-order chi connectivity index (χ0) is 17.2. The lowest BCUT2D eigenvalue weighted by Crippen LogP contribution is -2.46. The normalized spacial score (nSPS) is 15.7. The van der Waals surface area contributed by atoms with Crippen LogP contribution in [0.5, 0.6) is 0 Å². The van der Waals surface area contributed by atoms with Crippen molar-refractivity contribution in [3.63, 3.8) is 0 Å². The summed E-state index contributed by atoms with van der Waals surface area (Å²) in [5, 5.41) is 1.20. The minimum atomic E-state index is 1.05. The molecule has 0 N–H and O–H groups in total. The summed E-state index contributed by atoms with van der Waals surface area (Å²) >= 11 is 0. The Hall–Kier alpha value is -2.39. The number of hydrogen-bond donors (Lipinski definition) is 0. The van der Waals surface area contributed by atoms with Crippen molar-refractivity contribution in [1.82, 2.24) is 9.88 Å². The number of aromatic nitrogens is 1. The van der Waals surface area contributed by atoms with Crippen LogP contribution >= 0.6 is 0 Å². The van der Waals surface area contributed by atoms with Gasteiger partial charge in [-0.05, 0) is 31.2 Å². The molecule has 3 aromatic rings. The largest absolute Gasteiger partial charge is 0.354 e. The predicted octanol–water partition coefficient (Wildman–Crippen LogP) is 4.35. The second-order valence-corrected chi connectivity index (χ2v) is 6.83. The van der Waals surface area contributed by atoms with Crippen LogP contribution in [-0.4, -0.2) is 42.6 Å². The molecule has 0 aliphatic carbocycles. The molecule has 2 heterocycles. The molecular weight excluding hydrogens is 306 g/mol. The van der Waals surface area contributed by atoms with E-state index in [9.17, 15) is 0 Å². The standard InChI is InChI=1S/C22H25N3/c1-3-24-13-15-25(16-14-24)21-12-11-19-5-4-6-20(22(19)23-21)18-9-7-17(2)8-10-18/h4-12H,3,13-16H2,1-2H3. The van der Waals surface area contributed by atoms with Crippen LogP contribution in [0, 0.1) is 6.92 Å². The van der Waals surface area contributed by atoms with Crippen molar-refractivity contribution in [3.8, 4) is 11.1 Å². The van der Waals surface area contributed by atoms with Gasteiger partial charge in [0.1, 0.15) is 5.82 Å². The third-order valence-corrected chi connectivity index (χ3v) is 5.21. The summed E-state index contributed by atoms with van der Waals surface area (Å²) in [7, 11) is 0. The first-order chi connectivity index (χ1) is 12.2. The fraction of sp³-hybridized carbons (Fsp3) is 0.318. The van der Waals surface area contributed by atoms with Crippen LogP contribution in [0.15, 0.2) is 54.6 Å². The minimum Gasteiger partial charge on any atom is -0.354 e. The van der Waals surface area contributed by atoms with E-state index in [0.717, 1.165) is 44.1 Å². The Balaban J connectivity index is 1.72. The lowest BCUT2D eigenvalue weighted by molar-refractivity contribution is 0.270. The highest BCUT2D eigenvalue weighted by Gasteiger charge is 2.17. The molecule has 1 saturated heterocycles. The summed E-state index contributed by atoms with van der Waals surface area (Å²) in [5.74, 6) is 1.10. The van der Waals surface area contributed by atoms with Crippen molar-refractivity contribution < 1.29 is 0 Å². The number of pyridine rings is 1. The lowest BCUT2D eigenvalue weighted by Gasteiger charge is -2.34. The second-order valence-electron chi connectivity index (χ2n) is 6.83. The van der Waals surface area contributed by atoms with Crippen LogP contribution in [0.2, 0.25) is 0 Å². The van der Waals surface area contributed by atoms with Crippen LogP contribution in [-0.2, 0) is 0 Å². The smallest absolute Gasteiger partial charge is 0.129 e. The first-order valence-corrected chi connectivity index (χ1v) is 9.19. The van der Waals surface area contributed by atoms with E-state index in [1.54, 1.807) is 0 Å². The van der Waals surface area contributed by atoms with Gasteiger partial charge >= 0.3 is 0 Å². The number of anilines is 1. The van der Waals surface area contributed by atoms with Crippen LogP contribution in [0.25, 0.3) is 22.0 Å². The van der Waals surface area contributed by atoms with Crippen molar-refractivity contribution in [1.29, 1.82) is 0 Å². The van der Waals surface area contributed by atoms with E-state index >= 15 is 0 Å². The van der Waals surface area contributed by atoms with E-state index < -0.39 is 0 Å². The summed E-state index contributed by atoms with van der Waals surface area (Å²) in [4.78, 5) is 9.97. The summed E-state index contributed by atoms with van der Waals surface area (Å²) in [5.41, 5.74) is 4.83. The SMILES string of the molecule is CCN1CCN(c2ccc3cccc(-c4ccc(C)cc4)c3n2)CC1. The monoisotopic (exact) mass is 331 g/mol. The number of nitrogens with zero attached hydrogens (tertiary/aromatic N) is 3. The van der Waals surface area contributed by atoms with Crippen molar-refractivity contribution in [3.05, 3.63) is 60.2 Å². The minimum absolute atomic E-state index is 1.05. The van der Waals surface area contributed by atoms with Gasteiger partial charge in [0.2, 0.25) is 0 Å². The Morgan fingerprint density at radius 1 is 0.880 bits per heavy atom. The maximum atomic E-state index is 5.06. The van der Waals surface area contributed by atoms with Crippen LogP contribution in [0.3, 0.4) is 0 Å². The summed E-state index contributed by atoms with van der Waals surface area (Å²) in [6.45, 7) is 9.84. The van der Waals surface area contributed by atoms with Crippen molar-refractivity contribution in [2.45, 2.75) is 13.8 Å². The van der Waals surface area contributed by atoms with E-state index in [1.165, 1.54) is 22.1 Å². The molecule has 0 bridgehead atoms. The van der Waals surface area contributed by atoms with Gasteiger partial charge in [-0.2, -0.15) is 0 Å². The zero-order valence-electron chi connectivity index (χ0n) is 15.1. The van der Waals surface area contributed by atoms with Crippen molar-refractivity contribution >= 4 is 16.7 Å². The first kappa shape index (κ1) is 16.1. The number of hydrogen-bond acceptors (Lipinski definition) is 3. The molecule has 2 aromatic carbocycles. The topological polar surface area (TPSA) is 19.4 Å². The Morgan fingerprint density at radius 3 is 2.36 bits per heavy atom. The van der Waals surface area contributed by atoms with Gasteiger partial charge in [0.25, 0.3) is 0 Å². The molecule has 128 valence electrons. The third-order valence-electron chi connectivity index (χ3n) is 5.21. The van der Waals surface area contributed by atoms with Gasteiger partial charge in [-0.3, -0.25) is 0 Å². The molecule has 1 aliphatic rings. The molecule has 25 heavy (non-hydrogen) atoms. The Bertz CT molecular complexity index is 862. The molecular formula is C22H25N3. The highest BCUT2D eigenvalue weighted by atomic mass is 15.3. The molecule has 4 rings (SSSR count). The Morgan fingerprint density at radius 2 is 1.64 bits per heavy atom. The first-order valence-electron chi connectivity index (χ1n) is 9.19. The summed E-state index contributed by atoms with van der Waals surface area (Å²) < 4.78 is 0. The van der Waals surface area contributed by atoms with Gasteiger partial charge in [-0.25, -0.2) is 4.98 Å². The molecule has 1 aromatic heterocycles. The van der Waals surface area contributed by atoms with Gasteiger partial charge < -0.3 is 9.80 Å². The fourth-order valence-corrected chi connectivity index (χ4v) is 3.57. The van der Waals surface area contributed by atoms with Crippen LogP contribution < -0.4 is 4.90 Å². The molecule has 3 heteroatoms. The molecule has 0 saturated carbocycles. The Labute approximate surface area is 149 Å². The number of benzene rings is 2. The maximum absolute atomic E-state index is 5.06. The van der Waals surface area contributed by atoms with E-state index in [1.807, 2.05) is 0 Å². The molecule has 0 radical (unpaired) electrons.